The number of ether oxygens (including phenoxy) is 3. The molecular weight excluding hydrogens is 346 g/mol. The van der Waals surface area contributed by atoms with Crippen LogP contribution in [0.15, 0.2) is 47.4 Å². The molecule has 132 valence electrons. The normalized spacial score (nSPS) is 13.6. The number of carbonyl (C=O) groups is 1. The van der Waals surface area contributed by atoms with E-state index in [-0.39, 0.29) is 16.1 Å². The summed E-state index contributed by atoms with van der Waals surface area (Å²) in [5, 5.41) is 0. The molecule has 8 heteroatoms. The van der Waals surface area contributed by atoms with Gasteiger partial charge in [-0.2, -0.15) is 0 Å². The molecule has 7 nitrogen and oxygen atoms in total. The van der Waals surface area contributed by atoms with Crippen LogP contribution in [-0.4, -0.2) is 34.7 Å². The first-order valence-corrected chi connectivity index (χ1v) is 9.09. The van der Waals surface area contributed by atoms with E-state index in [9.17, 15) is 13.2 Å². The fourth-order valence-electron chi connectivity index (χ4n) is 2.35. The molecule has 2 aromatic rings. The van der Waals surface area contributed by atoms with Gasteiger partial charge in [-0.1, -0.05) is 6.07 Å². The minimum absolute atomic E-state index is 0.0419. The Labute approximate surface area is 145 Å². The minimum atomic E-state index is -3.85. The van der Waals surface area contributed by atoms with Gasteiger partial charge in [-0.3, -0.25) is 4.72 Å². The number of anilines is 1. The van der Waals surface area contributed by atoms with Crippen molar-refractivity contribution in [3.63, 3.8) is 0 Å². The minimum Gasteiger partial charge on any atom is -0.490 e. The summed E-state index contributed by atoms with van der Waals surface area (Å²) in [5.41, 5.74) is 0.511. The van der Waals surface area contributed by atoms with Crippen LogP contribution in [-0.2, 0) is 14.8 Å². The number of methoxy groups -OCH3 is 1. The molecule has 1 heterocycles. The van der Waals surface area contributed by atoms with E-state index in [0.717, 1.165) is 6.42 Å². The SMILES string of the molecule is COC(=O)c1cccc(NS(=O)(=O)c2ccc3c(c2)OCCCO3)c1. The number of nitrogens with one attached hydrogen (secondary N) is 1. The van der Waals surface area contributed by atoms with Gasteiger partial charge in [0.15, 0.2) is 11.5 Å². The molecule has 0 atom stereocenters. The molecule has 0 amide bonds. The van der Waals surface area contributed by atoms with E-state index in [1.807, 2.05) is 0 Å². The summed E-state index contributed by atoms with van der Waals surface area (Å²) in [6.07, 6.45) is 0.731. The molecule has 1 aliphatic rings. The third-order valence-corrected chi connectivity index (χ3v) is 4.94. The Morgan fingerprint density at radius 3 is 2.60 bits per heavy atom. The highest BCUT2D eigenvalue weighted by atomic mass is 32.2. The summed E-state index contributed by atoms with van der Waals surface area (Å²) in [5.74, 6) is 0.365. The molecule has 3 rings (SSSR count). The molecule has 25 heavy (non-hydrogen) atoms. The third kappa shape index (κ3) is 3.85. The lowest BCUT2D eigenvalue weighted by molar-refractivity contribution is 0.0600. The number of carbonyl (C=O) groups excluding carboxylic acids is 1. The number of esters is 1. The Morgan fingerprint density at radius 2 is 1.84 bits per heavy atom. The first-order valence-electron chi connectivity index (χ1n) is 7.60. The van der Waals surface area contributed by atoms with Crippen LogP contribution in [0.1, 0.15) is 16.8 Å². The van der Waals surface area contributed by atoms with Gasteiger partial charge in [0.1, 0.15) is 0 Å². The Morgan fingerprint density at radius 1 is 1.08 bits per heavy atom. The highest BCUT2D eigenvalue weighted by Crippen LogP contribution is 2.32. The number of fused-ring (bicyclic) bond motifs is 1. The van der Waals surface area contributed by atoms with Crippen molar-refractivity contribution < 1.29 is 27.4 Å². The van der Waals surface area contributed by atoms with Gasteiger partial charge >= 0.3 is 5.97 Å². The van der Waals surface area contributed by atoms with Crippen molar-refractivity contribution >= 4 is 21.7 Å². The summed E-state index contributed by atoms with van der Waals surface area (Å²) in [7, 11) is -2.58. The van der Waals surface area contributed by atoms with Gasteiger partial charge in [0, 0.05) is 18.2 Å². The molecule has 0 bridgehead atoms. The molecule has 0 fully saturated rings. The summed E-state index contributed by atoms with van der Waals surface area (Å²) >= 11 is 0. The standard InChI is InChI=1S/C17H17NO6S/c1-22-17(19)12-4-2-5-13(10-12)18-25(20,21)14-6-7-15-16(11-14)24-9-3-8-23-15/h2,4-7,10-11,18H,3,8-9H2,1H3. The molecule has 2 aromatic carbocycles. The second kappa shape index (κ2) is 7.02. The van der Waals surface area contributed by atoms with Gasteiger partial charge in [0.2, 0.25) is 0 Å². The lowest BCUT2D eigenvalue weighted by Gasteiger charge is -2.12. The summed E-state index contributed by atoms with van der Waals surface area (Å²) < 4.78 is 43.3. The van der Waals surface area contributed by atoms with Crippen LogP contribution in [0.4, 0.5) is 5.69 Å². The first kappa shape index (κ1) is 17.1. The number of rotatable bonds is 4. The summed E-state index contributed by atoms with van der Waals surface area (Å²) in [4.78, 5) is 11.6. The Hall–Kier alpha value is -2.74. The molecule has 0 unspecified atom stereocenters. The second-order valence-electron chi connectivity index (χ2n) is 5.34. The number of hydrogen-bond acceptors (Lipinski definition) is 6. The van der Waals surface area contributed by atoms with E-state index in [2.05, 4.69) is 9.46 Å². The number of benzene rings is 2. The van der Waals surface area contributed by atoms with E-state index < -0.39 is 16.0 Å². The van der Waals surface area contributed by atoms with Crippen LogP contribution in [0.5, 0.6) is 11.5 Å². The maximum atomic E-state index is 12.6. The quantitative estimate of drug-likeness (QED) is 0.839. The van der Waals surface area contributed by atoms with Crippen molar-refractivity contribution in [1.29, 1.82) is 0 Å². The molecule has 0 saturated heterocycles. The molecule has 0 aliphatic carbocycles. The lowest BCUT2D eigenvalue weighted by atomic mass is 10.2. The zero-order valence-corrected chi connectivity index (χ0v) is 14.3. The second-order valence-corrected chi connectivity index (χ2v) is 7.02. The Bertz CT molecular complexity index is 894. The smallest absolute Gasteiger partial charge is 0.337 e. The van der Waals surface area contributed by atoms with Crippen molar-refractivity contribution in [2.24, 2.45) is 0 Å². The topological polar surface area (TPSA) is 90.9 Å². The highest BCUT2D eigenvalue weighted by Gasteiger charge is 2.19. The molecule has 1 aliphatic heterocycles. The van der Waals surface area contributed by atoms with E-state index in [0.29, 0.717) is 24.7 Å². The summed E-state index contributed by atoms with van der Waals surface area (Å²) in [6.45, 7) is 0.989. The highest BCUT2D eigenvalue weighted by molar-refractivity contribution is 7.92. The third-order valence-electron chi connectivity index (χ3n) is 3.57. The van der Waals surface area contributed by atoms with Crippen molar-refractivity contribution in [3.05, 3.63) is 48.0 Å². The van der Waals surface area contributed by atoms with Crippen molar-refractivity contribution in [2.45, 2.75) is 11.3 Å². The average molecular weight is 363 g/mol. The number of hydrogen-bond donors (Lipinski definition) is 1. The molecule has 0 spiro atoms. The van der Waals surface area contributed by atoms with Crippen LogP contribution < -0.4 is 14.2 Å². The molecule has 0 radical (unpaired) electrons. The van der Waals surface area contributed by atoms with Crippen molar-refractivity contribution in [3.8, 4) is 11.5 Å². The molecule has 1 N–H and O–H groups in total. The van der Waals surface area contributed by atoms with E-state index in [1.165, 1.54) is 31.4 Å². The van der Waals surface area contributed by atoms with Gasteiger partial charge in [0.05, 0.1) is 30.8 Å². The van der Waals surface area contributed by atoms with Crippen molar-refractivity contribution in [2.75, 3.05) is 25.0 Å². The van der Waals surface area contributed by atoms with Gasteiger partial charge in [-0.15, -0.1) is 0 Å². The average Bonchev–Trinajstić information content (AvgIpc) is 2.85. The fraction of sp³-hybridized carbons (Fsp3) is 0.235. The van der Waals surface area contributed by atoms with Crippen LogP contribution in [0.25, 0.3) is 0 Å². The maximum absolute atomic E-state index is 12.6. The number of sulfonamides is 1. The zero-order valence-electron chi connectivity index (χ0n) is 13.5. The van der Waals surface area contributed by atoms with Crippen LogP contribution in [0, 0.1) is 0 Å². The van der Waals surface area contributed by atoms with Gasteiger partial charge in [-0.05, 0) is 30.3 Å². The Balaban J connectivity index is 1.87. The fourth-order valence-corrected chi connectivity index (χ4v) is 3.42. The van der Waals surface area contributed by atoms with E-state index in [4.69, 9.17) is 9.47 Å². The first-order chi connectivity index (χ1) is 12.0. The largest absolute Gasteiger partial charge is 0.490 e. The van der Waals surface area contributed by atoms with E-state index >= 15 is 0 Å². The zero-order chi connectivity index (χ0) is 17.9. The van der Waals surface area contributed by atoms with Crippen LogP contribution >= 0.6 is 0 Å². The predicted octanol–water partition coefficient (Wildman–Crippen LogP) is 2.44. The summed E-state index contributed by atoms with van der Waals surface area (Å²) in [6, 6.07) is 10.5. The Kier molecular flexibility index (Phi) is 4.80. The van der Waals surface area contributed by atoms with Crippen LogP contribution in [0.2, 0.25) is 0 Å². The van der Waals surface area contributed by atoms with Gasteiger partial charge in [-0.25, -0.2) is 13.2 Å². The van der Waals surface area contributed by atoms with Gasteiger partial charge in [0.25, 0.3) is 10.0 Å². The predicted molar refractivity (Wildman–Crippen MR) is 90.6 cm³/mol. The lowest BCUT2D eigenvalue weighted by Crippen LogP contribution is -2.13. The molecular formula is C17H17NO6S. The monoisotopic (exact) mass is 363 g/mol. The maximum Gasteiger partial charge on any atom is 0.337 e. The van der Waals surface area contributed by atoms with Crippen molar-refractivity contribution in [1.82, 2.24) is 0 Å². The van der Waals surface area contributed by atoms with Crippen LogP contribution in [0.3, 0.4) is 0 Å². The van der Waals surface area contributed by atoms with Gasteiger partial charge < -0.3 is 14.2 Å². The van der Waals surface area contributed by atoms with E-state index in [1.54, 1.807) is 18.2 Å². The molecule has 0 saturated carbocycles. The molecule has 0 aromatic heterocycles.